The molecule has 0 aliphatic rings. The van der Waals surface area contributed by atoms with Gasteiger partial charge >= 0.3 is 5.97 Å². The minimum atomic E-state index is -1.09. The molecule has 3 aromatic rings. The molecular weight excluding hydrogens is 466 g/mol. The highest BCUT2D eigenvalue weighted by molar-refractivity contribution is 5.79. The maximum atomic E-state index is 12.6. The summed E-state index contributed by atoms with van der Waals surface area (Å²) in [7, 11) is 1.89. The van der Waals surface area contributed by atoms with E-state index in [0.29, 0.717) is 18.9 Å². The van der Waals surface area contributed by atoms with Crippen LogP contribution in [-0.2, 0) is 39.8 Å². The second kappa shape index (κ2) is 11.2. The largest absolute Gasteiger partial charge is 0.476 e. The zero-order chi connectivity index (χ0) is 27.4. The van der Waals surface area contributed by atoms with Gasteiger partial charge in [-0.2, -0.15) is 5.10 Å². The van der Waals surface area contributed by atoms with Gasteiger partial charge in [0.1, 0.15) is 5.75 Å². The Kier molecular flexibility index (Phi) is 8.46. The Hall–Kier alpha value is -3.61. The third-order valence-electron chi connectivity index (χ3n) is 6.18. The number of ether oxygens (including phenoxy) is 2. The quantitative estimate of drug-likeness (QED) is 0.401. The number of amides is 1. The van der Waals surface area contributed by atoms with E-state index in [0.717, 1.165) is 28.1 Å². The van der Waals surface area contributed by atoms with Gasteiger partial charge in [-0.1, -0.05) is 57.2 Å². The number of nitrogens with one attached hydrogen (secondary N) is 1. The molecular formula is C30H39N3O4. The molecule has 0 aliphatic heterocycles. The average molecular weight is 506 g/mol. The minimum absolute atomic E-state index is 0.0966. The SMILES string of the molecule is CCOC(=O)C(C)(C)Oc1ccc(CNC(=O)Cc2cc(-c3ccc(C(C)(C)C)cc3)n(C)n2)cc1C. The van der Waals surface area contributed by atoms with Crippen molar-refractivity contribution in [3.8, 4) is 17.0 Å². The van der Waals surface area contributed by atoms with E-state index in [2.05, 4.69) is 55.5 Å². The van der Waals surface area contributed by atoms with Crippen molar-refractivity contribution in [2.24, 2.45) is 7.05 Å². The molecule has 198 valence electrons. The van der Waals surface area contributed by atoms with Crippen LogP contribution in [-0.4, -0.2) is 33.9 Å². The predicted octanol–water partition coefficient (Wildman–Crippen LogP) is 5.27. The van der Waals surface area contributed by atoms with Crippen molar-refractivity contribution in [3.05, 3.63) is 70.9 Å². The van der Waals surface area contributed by atoms with Crippen LogP contribution in [0, 0.1) is 6.92 Å². The van der Waals surface area contributed by atoms with Crippen LogP contribution in [0.5, 0.6) is 5.75 Å². The van der Waals surface area contributed by atoms with Crippen LogP contribution in [0.15, 0.2) is 48.5 Å². The van der Waals surface area contributed by atoms with Crippen molar-refractivity contribution < 1.29 is 19.1 Å². The van der Waals surface area contributed by atoms with Crippen molar-refractivity contribution in [1.29, 1.82) is 0 Å². The molecule has 1 N–H and O–H groups in total. The lowest BCUT2D eigenvalue weighted by Crippen LogP contribution is -2.39. The lowest BCUT2D eigenvalue weighted by atomic mass is 9.86. The molecule has 0 bridgehead atoms. The monoisotopic (exact) mass is 505 g/mol. The summed E-state index contributed by atoms with van der Waals surface area (Å²) >= 11 is 0. The highest BCUT2D eigenvalue weighted by Gasteiger charge is 2.32. The lowest BCUT2D eigenvalue weighted by molar-refractivity contribution is -0.158. The van der Waals surface area contributed by atoms with Gasteiger partial charge in [-0.3, -0.25) is 9.48 Å². The number of hydrogen-bond donors (Lipinski definition) is 1. The summed E-state index contributed by atoms with van der Waals surface area (Å²) in [5, 5.41) is 7.51. The van der Waals surface area contributed by atoms with Crippen molar-refractivity contribution >= 4 is 11.9 Å². The first-order chi connectivity index (χ1) is 17.3. The fraction of sp³-hybridized carbons (Fsp3) is 0.433. The van der Waals surface area contributed by atoms with Crippen molar-refractivity contribution in [1.82, 2.24) is 15.1 Å². The minimum Gasteiger partial charge on any atom is -0.476 e. The molecule has 2 aromatic carbocycles. The third-order valence-corrected chi connectivity index (χ3v) is 6.18. The van der Waals surface area contributed by atoms with E-state index < -0.39 is 11.6 Å². The first kappa shape index (κ1) is 28.0. The molecule has 7 heteroatoms. The molecule has 0 aliphatic carbocycles. The van der Waals surface area contributed by atoms with Gasteiger partial charge in [0.05, 0.1) is 24.4 Å². The highest BCUT2D eigenvalue weighted by Crippen LogP contribution is 2.27. The number of carbonyl (C=O) groups is 2. The van der Waals surface area contributed by atoms with Crippen LogP contribution in [0.2, 0.25) is 0 Å². The predicted molar refractivity (Wildman–Crippen MR) is 145 cm³/mol. The number of benzene rings is 2. The van der Waals surface area contributed by atoms with Crippen LogP contribution >= 0.6 is 0 Å². The third kappa shape index (κ3) is 7.21. The number of aryl methyl sites for hydroxylation is 2. The Morgan fingerprint density at radius 3 is 2.27 bits per heavy atom. The fourth-order valence-electron chi connectivity index (χ4n) is 4.01. The molecule has 0 atom stereocenters. The number of hydrogen-bond acceptors (Lipinski definition) is 5. The average Bonchev–Trinajstić information content (AvgIpc) is 3.18. The number of nitrogens with zero attached hydrogens (tertiary/aromatic N) is 2. The maximum absolute atomic E-state index is 12.6. The Balaban J connectivity index is 1.59. The van der Waals surface area contributed by atoms with Crippen LogP contribution in [0.4, 0.5) is 0 Å². The molecule has 3 rings (SSSR count). The van der Waals surface area contributed by atoms with Crippen LogP contribution in [0.25, 0.3) is 11.3 Å². The topological polar surface area (TPSA) is 82.5 Å². The molecule has 7 nitrogen and oxygen atoms in total. The maximum Gasteiger partial charge on any atom is 0.349 e. The van der Waals surface area contributed by atoms with Crippen LogP contribution in [0.1, 0.15) is 63.9 Å². The first-order valence-electron chi connectivity index (χ1n) is 12.7. The second-order valence-electron chi connectivity index (χ2n) is 10.9. The zero-order valence-corrected chi connectivity index (χ0v) is 23.3. The molecule has 0 radical (unpaired) electrons. The molecule has 1 aromatic heterocycles. The molecule has 0 spiro atoms. The molecule has 0 saturated carbocycles. The summed E-state index contributed by atoms with van der Waals surface area (Å²) in [6, 6.07) is 16.1. The van der Waals surface area contributed by atoms with Gasteiger partial charge in [0.2, 0.25) is 5.91 Å². The first-order valence-corrected chi connectivity index (χ1v) is 12.7. The normalized spacial score (nSPS) is 11.8. The van der Waals surface area contributed by atoms with E-state index in [4.69, 9.17) is 9.47 Å². The molecule has 1 heterocycles. The van der Waals surface area contributed by atoms with E-state index >= 15 is 0 Å². The smallest absolute Gasteiger partial charge is 0.349 e. The second-order valence-corrected chi connectivity index (χ2v) is 10.9. The summed E-state index contributed by atoms with van der Waals surface area (Å²) in [6.45, 7) is 14.3. The number of esters is 1. The molecule has 37 heavy (non-hydrogen) atoms. The summed E-state index contributed by atoms with van der Waals surface area (Å²) < 4.78 is 12.8. The van der Waals surface area contributed by atoms with Crippen LogP contribution < -0.4 is 10.1 Å². The number of rotatable bonds is 9. The molecule has 0 unspecified atom stereocenters. The van der Waals surface area contributed by atoms with Crippen molar-refractivity contribution in [2.45, 2.75) is 72.4 Å². The Morgan fingerprint density at radius 2 is 1.68 bits per heavy atom. The van der Waals surface area contributed by atoms with E-state index in [1.807, 2.05) is 42.9 Å². The van der Waals surface area contributed by atoms with E-state index in [9.17, 15) is 9.59 Å². The molecule has 0 saturated heterocycles. The summed E-state index contributed by atoms with van der Waals surface area (Å²) in [6.07, 6.45) is 0.196. The van der Waals surface area contributed by atoms with Gasteiger partial charge in [-0.25, -0.2) is 4.79 Å². The van der Waals surface area contributed by atoms with Crippen LogP contribution in [0.3, 0.4) is 0 Å². The van der Waals surface area contributed by atoms with E-state index in [-0.39, 0.29) is 17.7 Å². The van der Waals surface area contributed by atoms with Gasteiger partial charge in [0.25, 0.3) is 0 Å². The Bertz CT molecular complexity index is 1250. The van der Waals surface area contributed by atoms with Gasteiger partial charge in [0, 0.05) is 13.6 Å². The number of aromatic nitrogens is 2. The zero-order valence-electron chi connectivity index (χ0n) is 23.3. The fourth-order valence-corrected chi connectivity index (χ4v) is 4.01. The summed E-state index contributed by atoms with van der Waals surface area (Å²) in [4.78, 5) is 24.8. The van der Waals surface area contributed by atoms with E-state index in [1.54, 1.807) is 20.8 Å². The Morgan fingerprint density at radius 1 is 1.00 bits per heavy atom. The van der Waals surface area contributed by atoms with Crippen molar-refractivity contribution in [3.63, 3.8) is 0 Å². The highest BCUT2D eigenvalue weighted by atomic mass is 16.6. The molecule has 0 fully saturated rings. The van der Waals surface area contributed by atoms with Gasteiger partial charge < -0.3 is 14.8 Å². The summed E-state index contributed by atoms with van der Waals surface area (Å²) in [5.41, 5.74) is 4.85. The Labute approximate surface area is 220 Å². The summed E-state index contributed by atoms with van der Waals surface area (Å²) in [5.74, 6) is 0.0872. The van der Waals surface area contributed by atoms with Gasteiger partial charge in [0.15, 0.2) is 5.60 Å². The van der Waals surface area contributed by atoms with Gasteiger partial charge in [-0.05, 0) is 67.5 Å². The van der Waals surface area contributed by atoms with Gasteiger partial charge in [-0.15, -0.1) is 0 Å². The molecule has 1 amide bonds. The van der Waals surface area contributed by atoms with E-state index in [1.165, 1.54) is 5.56 Å². The standard InChI is InChI=1S/C30H39N3O4/c1-9-36-28(35)30(6,7)37-26-15-10-21(16-20(26)2)19-31-27(34)18-24-17-25(33(8)32-24)22-11-13-23(14-12-22)29(3,4)5/h10-17H,9,18-19H2,1-8H3,(H,31,34). The van der Waals surface area contributed by atoms with Crippen molar-refractivity contribution in [2.75, 3.05) is 6.61 Å². The lowest BCUT2D eigenvalue weighted by Gasteiger charge is -2.25. The number of carbonyl (C=O) groups excluding carboxylic acids is 2.